The van der Waals surface area contributed by atoms with Crippen molar-refractivity contribution in [3.63, 3.8) is 0 Å². The summed E-state index contributed by atoms with van der Waals surface area (Å²) in [6.45, 7) is 4.84. The van der Waals surface area contributed by atoms with Gasteiger partial charge in [-0.1, -0.05) is 24.3 Å². The van der Waals surface area contributed by atoms with Gasteiger partial charge in [0.1, 0.15) is 18.2 Å². The molecule has 2 aromatic carbocycles. The molecule has 0 aliphatic carbocycles. The number of pyridine rings is 1. The summed E-state index contributed by atoms with van der Waals surface area (Å²) in [4.78, 5) is 11.9. The number of rotatable bonds is 10. The molecule has 0 amide bonds. The lowest BCUT2D eigenvalue weighted by Gasteiger charge is -2.32. The Morgan fingerprint density at radius 3 is 2.62 bits per heavy atom. The van der Waals surface area contributed by atoms with E-state index in [0.29, 0.717) is 18.1 Å². The molecule has 4 heterocycles. The van der Waals surface area contributed by atoms with Gasteiger partial charge in [0, 0.05) is 31.3 Å². The predicted molar refractivity (Wildman–Crippen MR) is 147 cm³/mol. The van der Waals surface area contributed by atoms with Crippen LogP contribution >= 0.6 is 0 Å². The maximum atomic E-state index is 14.1. The van der Waals surface area contributed by atoms with Crippen LogP contribution in [-0.4, -0.2) is 51.3 Å². The molecule has 2 aliphatic heterocycles. The van der Waals surface area contributed by atoms with Gasteiger partial charge in [-0.25, -0.2) is 14.4 Å². The number of halogens is 1. The summed E-state index contributed by atoms with van der Waals surface area (Å²) in [5.74, 6) is 1.04. The Morgan fingerprint density at radius 2 is 1.85 bits per heavy atom. The molecule has 0 unspecified atom stereocenters. The van der Waals surface area contributed by atoms with E-state index in [0.717, 1.165) is 69.1 Å². The summed E-state index contributed by atoms with van der Waals surface area (Å²) in [7, 11) is 0. The Kier molecular flexibility index (Phi) is 8.00. The fourth-order valence-electron chi connectivity index (χ4n) is 5.22. The third kappa shape index (κ3) is 6.15. The Labute approximate surface area is 232 Å². The quantitative estimate of drug-likeness (QED) is 0.280. The van der Waals surface area contributed by atoms with Crippen LogP contribution in [0.15, 0.2) is 60.7 Å². The molecule has 6 rings (SSSR count). The number of benzene rings is 2. The molecule has 0 saturated carbocycles. The third-order valence-electron chi connectivity index (χ3n) is 7.62. The maximum absolute atomic E-state index is 14.1. The summed E-state index contributed by atoms with van der Waals surface area (Å²) in [5, 5.41) is 8.90. The van der Waals surface area contributed by atoms with Crippen molar-refractivity contribution in [3.8, 4) is 11.9 Å². The number of nitriles is 1. The molecule has 40 heavy (non-hydrogen) atoms. The molecule has 4 aromatic rings. The first-order valence-corrected chi connectivity index (χ1v) is 13.8. The van der Waals surface area contributed by atoms with Crippen molar-refractivity contribution < 1.29 is 18.6 Å². The molecule has 9 heteroatoms. The highest BCUT2D eigenvalue weighted by Gasteiger charge is 2.25. The van der Waals surface area contributed by atoms with E-state index in [4.69, 9.17) is 24.5 Å². The molecule has 0 spiro atoms. The van der Waals surface area contributed by atoms with Gasteiger partial charge in [0.15, 0.2) is 0 Å². The van der Waals surface area contributed by atoms with Crippen molar-refractivity contribution in [2.45, 2.75) is 57.8 Å². The van der Waals surface area contributed by atoms with Crippen LogP contribution in [0, 0.1) is 17.1 Å². The van der Waals surface area contributed by atoms with Crippen LogP contribution in [0.1, 0.15) is 41.9 Å². The van der Waals surface area contributed by atoms with Gasteiger partial charge < -0.3 is 18.8 Å². The summed E-state index contributed by atoms with van der Waals surface area (Å²) >= 11 is 0. The highest BCUT2D eigenvalue weighted by molar-refractivity contribution is 5.75. The van der Waals surface area contributed by atoms with E-state index >= 15 is 0 Å². The van der Waals surface area contributed by atoms with E-state index in [9.17, 15) is 4.39 Å². The van der Waals surface area contributed by atoms with Crippen LogP contribution in [0.4, 0.5) is 4.39 Å². The van der Waals surface area contributed by atoms with Crippen LogP contribution in [-0.2, 0) is 35.8 Å². The summed E-state index contributed by atoms with van der Waals surface area (Å²) in [6, 6.07) is 20.1. The molecule has 2 aromatic heterocycles. The fourth-order valence-corrected chi connectivity index (χ4v) is 5.22. The monoisotopic (exact) mass is 541 g/mol. The van der Waals surface area contributed by atoms with Crippen molar-refractivity contribution in [3.05, 3.63) is 89.1 Å². The number of para-hydroxylation sites is 2. The Morgan fingerprint density at radius 1 is 1.00 bits per heavy atom. The molecule has 0 bridgehead atoms. The molecular weight excluding hydrogens is 509 g/mol. The second kappa shape index (κ2) is 12.1. The fraction of sp³-hybridized carbons (Fsp3) is 0.387. The standard InChI is InChI=1S/C31H32FN5O3/c32-27-16-22(17-33)8-9-23(27)20-40-31-7-3-4-24(34-31)21-39-25-10-13-36(14-11-25)19-30-35-28-5-1-2-6-29(28)37(30)18-26-12-15-38-26/h1-9,16,25-26H,10-15,18-21H2/t26-/m0/s1. The topological polar surface area (TPSA) is 85.4 Å². The number of hydrogen-bond acceptors (Lipinski definition) is 7. The summed E-state index contributed by atoms with van der Waals surface area (Å²) in [6.07, 6.45) is 3.44. The van der Waals surface area contributed by atoms with Gasteiger partial charge >= 0.3 is 0 Å². The lowest BCUT2D eigenvalue weighted by atomic mass is 10.1. The second-order valence-corrected chi connectivity index (χ2v) is 10.4. The highest BCUT2D eigenvalue weighted by atomic mass is 19.1. The Hall–Kier alpha value is -3.84. The number of fused-ring (bicyclic) bond motifs is 1. The largest absolute Gasteiger partial charge is 0.473 e. The van der Waals surface area contributed by atoms with Gasteiger partial charge in [-0.3, -0.25) is 4.90 Å². The van der Waals surface area contributed by atoms with Crippen molar-refractivity contribution >= 4 is 11.0 Å². The van der Waals surface area contributed by atoms with E-state index in [1.54, 1.807) is 18.2 Å². The maximum Gasteiger partial charge on any atom is 0.213 e. The molecule has 1 atom stereocenters. The first kappa shape index (κ1) is 26.4. The molecule has 0 radical (unpaired) electrons. The Balaban J connectivity index is 0.993. The van der Waals surface area contributed by atoms with Gasteiger partial charge in [-0.15, -0.1) is 0 Å². The zero-order chi connectivity index (χ0) is 27.3. The van der Waals surface area contributed by atoms with Crippen LogP contribution in [0.5, 0.6) is 5.88 Å². The normalized spacial score (nSPS) is 17.9. The first-order valence-electron chi connectivity index (χ1n) is 13.8. The molecule has 2 aliphatic rings. The highest BCUT2D eigenvalue weighted by Crippen LogP contribution is 2.24. The third-order valence-corrected chi connectivity index (χ3v) is 7.62. The van der Waals surface area contributed by atoms with E-state index in [1.807, 2.05) is 24.3 Å². The van der Waals surface area contributed by atoms with Gasteiger partial charge in [0.05, 0.1) is 60.3 Å². The van der Waals surface area contributed by atoms with E-state index in [-0.39, 0.29) is 24.4 Å². The minimum atomic E-state index is -0.463. The summed E-state index contributed by atoms with van der Waals surface area (Å²) in [5.41, 5.74) is 3.64. The number of piperidine rings is 1. The van der Waals surface area contributed by atoms with Crippen molar-refractivity contribution in [1.29, 1.82) is 5.26 Å². The number of imidazole rings is 1. The zero-order valence-corrected chi connectivity index (χ0v) is 22.3. The average Bonchev–Trinajstić information content (AvgIpc) is 3.30. The minimum Gasteiger partial charge on any atom is -0.473 e. The number of aromatic nitrogens is 3. The van der Waals surface area contributed by atoms with Crippen LogP contribution in [0.25, 0.3) is 11.0 Å². The molecular formula is C31H32FN5O3. The van der Waals surface area contributed by atoms with Gasteiger partial charge in [-0.05, 0) is 49.6 Å². The van der Waals surface area contributed by atoms with Crippen molar-refractivity contribution in [1.82, 2.24) is 19.4 Å². The van der Waals surface area contributed by atoms with Crippen molar-refractivity contribution in [2.24, 2.45) is 0 Å². The molecule has 8 nitrogen and oxygen atoms in total. The van der Waals surface area contributed by atoms with Gasteiger partial charge in [0.2, 0.25) is 5.88 Å². The molecule has 2 fully saturated rings. The van der Waals surface area contributed by atoms with Crippen molar-refractivity contribution in [2.75, 3.05) is 19.7 Å². The number of ether oxygens (including phenoxy) is 3. The lowest BCUT2D eigenvalue weighted by molar-refractivity contribution is -0.0593. The molecule has 2 saturated heterocycles. The van der Waals surface area contributed by atoms with E-state index in [1.165, 1.54) is 11.6 Å². The number of hydrogen-bond donors (Lipinski definition) is 0. The predicted octanol–water partition coefficient (Wildman–Crippen LogP) is 4.99. The van der Waals surface area contributed by atoms with Gasteiger partial charge in [0.25, 0.3) is 0 Å². The number of likely N-dealkylation sites (tertiary alicyclic amines) is 1. The van der Waals surface area contributed by atoms with Crippen LogP contribution in [0.2, 0.25) is 0 Å². The van der Waals surface area contributed by atoms with Gasteiger partial charge in [-0.2, -0.15) is 5.26 Å². The van der Waals surface area contributed by atoms with Crippen LogP contribution in [0.3, 0.4) is 0 Å². The zero-order valence-electron chi connectivity index (χ0n) is 22.3. The SMILES string of the molecule is N#Cc1ccc(COc2cccc(COC3CCN(Cc4nc5ccccc5n4C[C@@H]4CCO4)CC3)n2)c(F)c1. The summed E-state index contributed by atoms with van der Waals surface area (Å²) < 4.78 is 34.1. The Bertz CT molecular complexity index is 1500. The van der Waals surface area contributed by atoms with E-state index < -0.39 is 5.82 Å². The van der Waals surface area contributed by atoms with Crippen LogP contribution < -0.4 is 4.74 Å². The smallest absolute Gasteiger partial charge is 0.213 e. The van der Waals surface area contributed by atoms with E-state index in [2.05, 4.69) is 32.7 Å². The second-order valence-electron chi connectivity index (χ2n) is 10.4. The average molecular weight is 542 g/mol. The number of nitrogens with zero attached hydrogens (tertiary/aromatic N) is 5. The first-order chi connectivity index (χ1) is 19.6. The minimum absolute atomic E-state index is 0.0365. The molecule has 206 valence electrons. The lowest BCUT2D eigenvalue weighted by Crippen LogP contribution is -2.38. The molecule has 0 N–H and O–H groups in total.